The minimum atomic E-state index is -0.176. The third-order valence-electron chi connectivity index (χ3n) is 4.67. The molecule has 0 radical (unpaired) electrons. The van der Waals surface area contributed by atoms with Crippen LogP contribution in [-0.2, 0) is 4.79 Å². The van der Waals surface area contributed by atoms with Gasteiger partial charge in [0.25, 0.3) is 0 Å². The van der Waals surface area contributed by atoms with Crippen molar-refractivity contribution in [2.45, 2.75) is 12.8 Å². The molecular formula is C19H23ClN4O4. The zero-order valence-corrected chi connectivity index (χ0v) is 16.8. The summed E-state index contributed by atoms with van der Waals surface area (Å²) in [6, 6.07) is 6.94. The van der Waals surface area contributed by atoms with E-state index < -0.39 is 0 Å². The first-order chi connectivity index (χ1) is 13.5. The summed E-state index contributed by atoms with van der Waals surface area (Å²) in [5, 5.41) is 11.3. The van der Waals surface area contributed by atoms with Crippen molar-refractivity contribution in [2.75, 3.05) is 44.6 Å². The first-order valence-electron chi connectivity index (χ1n) is 8.90. The molecule has 8 nitrogen and oxygen atoms in total. The first kappa shape index (κ1) is 20.0. The topological polar surface area (TPSA) is 85.8 Å². The predicted molar refractivity (Wildman–Crippen MR) is 107 cm³/mol. The highest BCUT2D eigenvalue weighted by Gasteiger charge is 2.27. The lowest BCUT2D eigenvalue weighted by atomic mass is 9.97. The van der Waals surface area contributed by atoms with E-state index in [9.17, 15) is 4.79 Å². The molecule has 9 heteroatoms. The smallest absolute Gasteiger partial charge is 0.229 e. The second kappa shape index (κ2) is 8.97. The standard InChI is InChI=1S/C19H23ClN4O4/c1-26-14-9-13(10-15(27-2)18(14)28-3)21-19(25)12-5-4-8-24(11-12)17-7-6-16(20)22-23-17/h6-7,9-10,12H,4-5,8,11H2,1-3H3,(H,21,25)/t12-/m0/s1. The van der Waals surface area contributed by atoms with E-state index in [0.29, 0.717) is 34.6 Å². The van der Waals surface area contributed by atoms with Crippen molar-refractivity contribution >= 4 is 29.0 Å². The van der Waals surface area contributed by atoms with Crippen molar-refractivity contribution in [2.24, 2.45) is 5.92 Å². The lowest BCUT2D eigenvalue weighted by Crippen LogP contribution is -2.41. The molecule has 0 aliphatic carbocycles. The van der Waals surface area contributed by atoms with Crippen LogP contribution in [0, 0.1) is 5.92 Å². The number of aromatic nitrogens is 2. The molecule has 2 heterocycles. The van der Waals surface area contributed by atoms with E-state index in [2.05, 4.69) is 15.5 Å². The fraction of sp³-hybridized carbons (Fsp3) is 0.421. The van der Waals surface area contributed by atoms with Crippen molar-refractivity contribution in [3.05, 3.63) is 29.4 Å². The Morgan fingerprint density at radius 3 is 2.43 bits per heavy atom. The number of carbonyl (C=O) groups excluding carboxylic acids is 1. The fourth-order valence-electron chi connectivity index (χ4n) is 3.27. The second-order valence-electron chi connectivity index (χ2n) is 6.40. The zero-order chi connectivity index (χ0) is 20.1. The van der Waals surface area contributed by atoms with Crippen LogP contribution in [0.5, 0.6) is 17.2 Å². The molecule has 1 amide bonds. The maximum Gasteiger partial charge on any atom is 0.229 e. The van der Waals surface area contributed by atoms with Crippen molar-refractivity contribution in [3.63, 3.8) is 0 Å². The number of rotatable bonds is 6. The van der Waals surface area contributed by atoms with Gasteiger partial charge in [-0.1, -0.05) is 11.6 Å². The summed E-state index contributed by atoms with van der Waals surface area (Å²) in [7, 11) is 4.61. The summed E-state index contributed by atoms with van der Waals surface area (Å²) in [4.78, 5) is 14.9. The molecule has 1 aliphatic rings. The van der Waals surface area contributed by atoms with E-state index in [4.69, 9.17) is 25.8 Å². The molecule has 1 aliphatic heterocycles. The number of benzene rings is 1. The van der Waals surface area contributed by atoms with Crippen molar-refractivity contribution < 1.29 is 19.0 Å². The highest BCUT2D eigenvalue weighted by atomic mass is 35.5. The highest BCUT2D eigenvalue weighted by molar-refractivity contribution is 6.29. The van der Waals surface area contributed by atoms with Gasteiger partial charge < -0.3 is 24.4 Å². The molecule has 150 valence electrons. The molecule has 1 aromatic heterocycles. The Balaban J connectivity index is 1.72. The van der Waals surface area contributed by atoms with Gasteiger partial charge in [-0.3, -0.25) is 4.79 Å². The van der Waals surface area contributed by atoms with Crippen LogP contribution < -0.4 is 24.4 Å². The number of piperidine rings is 1. The maximum absolute atomic E-state index is 12.8. The minimum absolute atomic E-state index is 0.0686. The monoisotopic (exact) mass is 406 g/mol. The maximum atomic E-state index is 12.8. The molecule has 28 heavy (non-hydrogen) atoms. The number of halogens is 1. The summed E-state index contributed by atoms with van der Waals surface area (Å²) in [5.41, 5.74) is 0.586. The number of nitrogens with one attached hydrogen (secondary N) is 1. The largest absolute Gasteiger partial charge is 0.493 e. The zero-order valence-electron chi connectivity index (χ0n) is 16.1. The van der Waals surface area contributed by atoms with Gasteiger partial charge in [0.15, 0.2) is 22.5 Å². The number of hydrogen-bond acceptors (Lipinski definition) is 7. The number of anilines is 2. The van der Waals surface area contributed by atoms with Crippen molar-refractivity contribution in [1.82, 2.24) is 10.2 Å². The Labute approximate surface area is 168 Å². The van der Waals surface area contributed by atoms with Crippen molar-refractivity contribution in [3.8, 4) is 17.2 Å². The van der Waals surface area contributed by atoms with Crippen LogP contribution in [0.1, 0.15) is 12.8 Å². The molecule has 1 fully saturated rings. The van der Waals surface area contributed by atoms with Crippen LogP contribution in [-0.4, -0.2) is 50.5 Å². The van der Waals surface area contributed by atoms with Gasteiger partial charge in [-0.25, -0.2) is 0 Å². The van der Waals surface area contributed by atoms with E-state index in [0.717, 1.165) is 25.2 Å². The van der Waals surface area contributed by atoms with E-state index >= 15 is 0 Å². The lowest BCUT2D eigenvalue weighted by molar-refractivity contribution is -0.120. The summed E-state index contributed by atoms with van der Waals surface area (Å²) in [5.74, 6) is 1.92. The Morgan fingerprint density at radius 2 is 1.86 bits per heavy atom. The van der Waals surface area contributed by atoms with Gasteiger partial charge in [-0.05, 0) is 25.0 Å². The minimum Gasteiger partial charge on any atom is -0.493 e. The first-order valence-corrected chi connectivity index (χ1v) is 9.28. The summed E-state index contributed by atoms with van der Waals surface area (Å²) >= 11 is 5.81. The average molecular weight is 407 g/mol. The molecule has 2 aromatic rings. The molecule has 0 spiro atoms. The van der Waals surface area contributed by atoms with Crippen LogP contribution in [0.25, 0.3) is 0 Å². The van der Waals surface area contributed by atoms with E-state index in [-0.39, 0.29) is 11.8 Å². The van der Waals surface area contributed by atoms with E-state index in [1.165, 1.54) is 21.3 Å². The van der Waals surface area contributed by atoms with Crippen LogP contribution >= 0.6 is 11.6 Å². The Hall–Kier alpha value is -2.74. The summed E-state index contributed by atoms with van der Waals surface area (Å²) < 4.78 is 16.0. The summed E-state index contributed by atoms with van der Waals surface area (Å²) in [6.07, 6.45) is 1.69. The van der Waals surface area contributed by atoms with Crippen LogP contribution in [0.4, 0.5) is 11.5 Å². The van der Waals surface area contributed by atoms with Gasteiger partial charge in [0, 0.05) is 30.9 Å². The normalized spacial score (nSPS) is 16.4. The molecule has 1 atom stereocenters. The van der Waals surface area contributed by atoms with E-state index in [1.807, 2.05) is 11.0 Å². The third-order valence-corrected chi connectivity index (χ3v) is 4.87. The van der Waals surface area contributed by atoms with E-state index in [1.54, 1.807) is 18.2 Å². The lowest BCUT2D eigenvalue weighted by Gasteiger charge is -2.32. The molecule has 0 saturated carbocycles. The molecule has 1 N–H and O–H groups in total. The Morgan fingerprint density at radius 1 is 1.14 bits per heavy atom. The van der Waals surface area contributed by atoms with Gasteiger partial charge in [-0.15, -0.1) is 10.2 Å². The van der Waals surface area contributed by atoms with Gasteiger partial charge in [0.1, 0.15) is 0 Å². The summed E-state index contributed by atoms with van der Waals surface area (Å²) in [6.45, 7) is 1.39. The van der Waals surface area contributed by atoms with Crippen molar-refractivity contribution in [1.29, 1.82) is 0 Å². The molecular weight excluding hydrogens is 384 g/mol. The van der Waals surface area contributed by atoms with Crippen LogP contribution in [0.15, 0.2) is 24.3 Å². The molecule has 0 bridgehead atoms. The molecule has 0 unspecified atom stereocenters. The number of hydrogen-bond donors (Lipinski definition) is 1. The van der Waals surface area contributed by atoms with Gasteiger partial charge in [-0.2, -0.15) is 0 Å². The highest BCUT2D eigenvalue weighted by Crippen LogP contribution is 2.40. The van der Waals surface area contributed by atoms with Gasteiger partial charge in [0.05, 0.1) is 27.2 Å². The third kappa shape index (κ3) is 4.39. The van der Waals surface area contributed by atoms with Crippen LogP contribution in [0.2, 0.25) is 5.15 Å². The second-order valence-corrected chi connectivity index (χ2v) is 6.79. The molecule has 3 rings (SSSR count). The Kier molecular flexibility index (Phi) is 6.41. The van der Waals surface area contributed by atoms with Crippen LogP contribution in [0.3, 0.4) is 0 Å². The fourth-order valence-corrected chi connectivity index (χ4v) is 3.38. The SMILES string of the molecule is COc1cc(NC(=O)[C@H]2CCCN(c3ccc(Cl)nn3)C2)cc(OC)c1OC. The number of carbonyl (C=O) groups is 1. The number of methoxy groups -OCH3 is 3. The van der Waals surface area contributed by atoms with Gasteiger partial charge in [0.2, 0.25) is 11.7 Å². The average Bonchev–Trinajstić information content (AvgIpc) is 2.73. The predicted octanol–water partition coefficient (Wildman–Crippen LogP) is 3.01. The number of amides is 1. The van der Waals surface area contributed by atoms with Gasteiger partial charge >= 0.3 is 0 Å². The Bertz CT molecular complexity index is 806. The quantitative estimate of drug-likeness (QED) is 0.789. The number of nitrogens with zero attached hydrogens (tertiary/aromatic N) is 3. The number of ether oxygens (including phenoxy) is 3. The molecule has 1 aromatic carbocycles. The molecule has 1 saturated heterocycles.